The molecule has 0 atom stereocenters. The molecule has 1 aliphatic heterocycles. The molecule has 0 saturated carbocycles. The minimum atomic E-state index is 0.132. The quantitative estimate of drug-likeness (QED) is 0.183. The summed E-state index contributed by atoms with van der Waals surface area (Å²) in [5.74, 6) is 2.04. The van der Waals surface area contributed by atoms with Gasteiger partial charge >= 0.3 is 0 Å². The van der Waals surface area contributed by atoms with Gasteiger partial charge in [0.1, 0.15) is 5.75 Å². The minimum absolute atomic E-state index is 0.132. The molecule has 0 bridgehead atoms. The molecule has 1 amide bonds. The average molecular weight is 523 g/mol. The first kappa shape index (κ1) is 29.2. The molecule has 2 aromatic rings. The van der Waals surface area contributed by atoms with E-state index >= 15 is 0 Å². The molecule has 37 heavy (non-hydrogen) atoms. The molecule has 0 radical (unpaired) electrons. The molecule has 4 nitrogen and oxygen atoms in total. The second-order valence-corrected chi connectivity index (χ2v) is 10.9. The van der Waals surface area contributed by atoms with E-state index in [2.05, 4.69) is 59.8 Å². The molecule has 202 valence electrons. The Balaban J connectivity index is 1.39. The van der Waals surface area contributed by atoms with Crippen LogP contribution in [0.1, 0.15) is 95.6 Å². The van der Waals surface area contributed by atoms with E-state index in [1.54, 1.807) is 0 Å². The summed E-state index contributed by atoms with van der Waals surface area (Å²) in [5.41, 5.74) is 3.31. The topological polar surface area (TPSA) is 32.8 Å². The lowest BCUT2D eigenvalue weighted by molar-refractivity contribution is -0.118. The SMILES string of the molecule is CCCCCCCCCCCCOc1ccc(CN(C(=O)CC)c2ccc(CN3C=CSC3)cc2)cc1. The maximum Gasteiger partial charge on any atom is 0.227 e. The molecule has 0 spiro atoms. The van der Waals surface area contributed by atoms with Gasteiger partial charge in [0.05, 0.1) is 19.0 Å². The van der Waals surface area contributed by atoms with Gasteiger partial charge in [0.15, 0.2) is 0 Å². The second-order valence-electron chi connectivity index (χ2n) is 10.0. The molecule has 0 unspecified atom stereocenters. The van der Waals surface area contributed by atoms with Crippen LogP contribution in [-0.4, -0.2) is 23.3 Å². The van der Waals surface area contributed by atoms with Gasteiger partial charge in [-0.2, -0.15) is 0 Å². The van der Waals surface area contributed by atoms with Gasteiger partial charge in [0, 0.05) is 24.9 Å². The summed E-state index contributed by atoms with van der Waals surface area (Å²) in [7, 11) is 0. The number of rotatable bonds is 18. The Bertz CT molecular complexity index is 927. The number of unbranched alkanes of at least 4 members (excludes halogenated alkanes) is 9. The van der Waals surface area contributed by atoms with Gasteiger partial charge in [-0.25, -0.2) is 0 Å². The van der Waals surface area contributed by atoms with Crippen LogP contribution >= 0.6 is 11.8 Å². The van der Waals surface area contributed by atoms with Crippen LogP contribution in [0.3, 0.4) is 0 Å². The number of ether oxygens (including phenoxy) is 1. The molecular weight excluding hydrogens is 476 g/mol. The number of carbonyl (C=O) groups is 1. The third kappa shape index (κ3) is 10.9. The van der Waals surface area contributed by atoms with Crippen LogP contribution in [0.2, 0.25) is 0 Å². The van der Waals surface area contributed by atoms with Crippen molar-refractivity contribution in [2.24, 2.45) is 0 Å². The van der Waals surface area contributed by atoms with Crippen LogP contribution in [0, 0.1) is 0 Å². The number of benzene rings is 2. The molecule has 1 aliphatic rings. The summed E-state index contributed by atoms with van der Waals surface area (Å²) >= 11 is 1.81. The first-order valence-electron chi connectivity index (χ1n) is 14.3. The average Bonchev–Trinajstić information content (AvgIpc) is 3.44. The van der Waals surface area contributed by atoms with Crippen molar-refractivity contribution in [1.82, 2.24) is 4.90 Å². The number of nitrogens with zero attached hydrogens (tertiary/aromatic N) is 2. The summed E-state index contributed by atoms with van der Waals surface area (Å²) in [5, 5.41) is 2.13. The fourth-order valence-corrected chi connectivity index (χ4v) is 5.31. The maximum atomic E-state index is 12.8. The maximum absolute atomic E-state index is 12.8. The fraction of sp³-hybridized carbons (Fsp3) is 0.531. The Hall–Kier alpha value is -2.40. The predicted molar refractivity (Wildman–Crippen MR) is 159 cm³/mol. The Labute approximate surface area is 229 Å². The highest BCUT2D eigenvalue weighted by molar-refractivity contribution is 8.02. The van der Waals surface area contributed by atoms with E-state index in [-0.39, 0.29) is 5.91 Å². The zero-order valence-electron chi connectivity index (χ0n) is 23.0. The van der Waals surface area contributed by atoms with Crippen LogP contribution in [0.4, 0.5) is 5.69 Å². The summed E-state index contributed by atoms with van der Waals surface area (Å²) in [4.78, 5) is 16.9. The number of thioether (sulfide) groups is 1. The van der Waals surface area contributed by atoms with E-state index in [9.17, 15) is 4.79 Å². The number of hydrogen-bond acceptors (Lipinski definition) is 4. The van der Waals surface area contributed by atoms with Gasteiger partial charge in [-0.3, -0.25) is 4.79 Å². The molecule has 2 aromatic carbocycles. The van der Waals surface area contributed by atoms with E-state index in [0.717, 1.165) is 42.4 Å². The lowest BCUT2D eigenvalue weighted by Crippen LogP contribution is -2.29. The number of carbonyl (C=O) groups excluding carboxylic acids is 1. The normalized spacial score (nSPS) is 12.8. The van der Waals surface area contributed by atoms with E-state index in [4.69, 9.17) is 4.74 Å². The van der Waals surface area contributed by atoms with Gasteiger partial charge < -0.3 is 14.5 Å². The minimum Gasteiger partial charge on any atom is -0.494 e. The Morgan fingerprint density at radius 3 is 2.05 bits per heavy atom. The first-order chi connectivity index (χ1) is 18.2. The summed E-state index contributed by atoms with van der Waals surface area (Å²) in [6.45, 7) is 6.43. The second kappa shape index (κ2) is 17.2. The molecule has 0 aliphatic carbocycles. The van der Waals surface area contributed by atoms with E-state index in [0.29, 0.717) is 13.0 Å². The van der Waals surface area contributed by atoms with Crippen molar-refractivity contribution in [3.63, 3.8) is 0 Å². The molecule has 3 rings (SSSR count). The van der Waals surface area contributed by atoms with Gasteiger partial charge in [-0.05, 0) is 47.2 Å². The van der Waals surface area contributed by atoms with E-state index in [1.165, 1.54) is 63.4 Å². The Kier molecular flexibility index (Phi) is 13.5. The predicted octanol–water partition coefficient (Wildman–Crippen LogP) is 8.91. The lowest BCUT2D eigenvalue weighted by Gasteiger charge is -2.23. The molecule has 0 saturated heterocycles. The van der Waals surface area contributed by atoms with Gasteiger partial charge in [-0.1, -0.05) is 95.9 Å². The van der Waals surface area contributed by atoms with Gasteiger partial charge in [0.2, 0.25) is 5.91 Å². The van der Waals surface area contributed by atoms with Crippen LogP contribution in [-0.2, 0) is 17.9 Å². The van der Waals surface area contributed by atoms with Crippen LogP contribution in [0.25, 0.3) is 0 Å². The smallest absolute Gasteiger partial charge is 0.227 e. The van der Waals surface area contributed by atoms with Crippen molar-refractivity contribution in [2.75, 3.05) is 17.4 Å². The van der Waals surface area contributed by atoms with E-state index < -0.39 is 0 Å². The number of hydrogen-bond donors (Lipinski definition) is 0. The van der Waals surface area contributed by atoms with Crippen molar-refractivity contribution >= 4 is 23.4 Å². The zero-order valence-corrected chi connectivity index (χ0v) is 23.8. The molecule has 0 aromatic heterocycles. The summed E-state index contributed by atoms with van der Waals surface area (Å²) < 4.78 is 5.97. The molecule has 0 fully saturated rings. The van der Waals surface area contributed by atoms with Crippen molar-refractivity contribution in [1.29, 1.82) is 0 Å². The third-order valence-corrected chi connectivity index (χ3v) is 7.67. The molecule has 0 N–H and O–H groups in total. The number of anilines is 1. The van der Waals surface area contributed by atoms with Gasteiger partial charge in [-0.15, -0.1) is 11.8 Å². The molecule has 1 heterocycles. The fourth-order valence-electron chi connectivity index (χ4n) is 4.59. The van der Waals surface area contributed by atoms with Crippen LogP contribution in [0.15, 0.2) is 60.1 Å². The highest BCUT2D eigenvalue weighted by Gasteiger charge is 2.15. The van der Waals surface area contributed by atoms with E-state index in [1.807, 2.05) is 35.7 Å². The van der Waals surface area contributed by atoms with Crippen molar-refractivity contribution in [2.45, 2.75) is 97.6 Å². The van der Waals surface area contributed by atoms with Crippen molar-refractivity contribution in [3.05, 3.63) is 71.3 Å². The Morgan fingerprint density at radius 1 is 0.838 bits per heavy atom. The highest BCUT2D eigenvalue weighted by Crippen LogP contribution is 2.23. The zero-order chi connectivity index (χ0) is 26.1. The summed E-state index contributed by atoms with van der Waals surface area (Å²) in [6.07, 6.45) is 15.9. The highest BCUT2D eigenvalue weighted by atomic mass is 32.2. The first-order valence-corrected chi connectivity index (χ1v) is 15.4. The summed E-state index contributed by atoms with van der Waals surface area (Å²) in [6, 6.07) is 16.6. The van der Waals surface area contributed by atoms with Gasteiger partial charge in [0.25, 0.3) is 0 Å². The molecular formula is C32H46N2O2S. The van der Waals surface area contributed by atoms with Crippen molar-refractivity contribution in [3.8, 4) is 5.75 Å². The molecule has 5 heteroatoms. The lowest BCUT2D eigenvalue weighted by atomic mass is 10.1. The standard InChI is InChI=1S/C32H46N2O2S/c1-3-5-6-7-8-9-10-11-12-13-23-36-31-20-16-29(17-21-31)26-34(32(35)4-2)30-18-14-28(15-19-30)25-33-22-24-37-27-33/h14-22,24H,3-13,23,25-27H2,1-2H3. The Morgan fingerprint density at radius 2 is 1.46 bits per heavy atom. The number of amides is 1. The van der Waals surface area contributed by atoms with Crippen LogP contribution in [0.5, 0.6) is 5.75 Å². The third-order valence-electron chi connectivity index (χ3n) is 6.88. The van der Waals surface area contributed by atoms with Crippen LogP contribution < -0.4 is 9.64 Å². The largest absolute Gasteiger partial charge is 0.494 e. The van der Waals surface area contributed by atoms with Crippen molar-refractivity contribution < 1.29 is 9.53 Å². The monoisotopic (exact) mass is 522 g/mol.